The highest BCUT2D eigenvalue weighted by molar-refractivity contribution is 5.81. The van der Waals surface area contributed by atoms with Gasteiger partial charge in [0.1, 0.15) is 5.75 Å². The first-order valence-electron chi connectivity index (χ1n) is 4.84. The summed E-state index contributed by atoms with van der Waals surface area (Å²) in [5.74, 6) is 5.54. The van der Waals surface area contributed by atoms with E-state index in [0.29, 0.717) is 5.75 Å². The molecule has 0 amide bonds. The molecule has 0 radical (unpaired) electrons. The summed E-state index contributed by atoms with van der Waals surface area (Å²) in [5, 5.41) is 3.41. The van der Waals surface area contributed by atoms with Crippen LogP contribution in [0.2, 0.25) is 0 Å². The Balaban J connectivity index is 2.06. The zero-order valence-electron chi connectivity index (χ0n) is 8.22. The minimum absolute atomic E-state index is 0.108. The monoisotopic (exact) mass is 204 g/mol. The Morgan fingerprint density at radius 1 is 1.53 bits per heavy atom. The average Bonchev–Trinajstić information content (AvgIpc) is 3.01. The molecule has 0 aliphatic heterocycles. The highest BCUT2D eigenvalue weighted by Gasteiger charge is 2.31. The van der Waals surface area contributed by atoms with Crippen molar-refractivity contribution in [1.29, 1.82) is 0 Å². The number of carbonyl (C=O) groups excluding carboxylic acids is 1. The second-order valence-electron chi connectivity index (χ2n) is 3.55. The predicted octanol–water partition coefficient (Wildman–Crippen LogP) is 1.29. The topological polar surface area (TPSA) is 64.7 Å². The Kier molecular flexibility index (Phi) is 2.67. The van der Waals surface area contributed by atoms with Gasteiger partial charge in [0.25, 0.3) is 0 Å². The molecule has 2 rings (SSSR count). The van der Waals surface area contributed by atoms with Gasteiger partial charge in [0.15, 0.2) is 0 Å². The molecule has 1 aromatic rings. The van der Waals surface area contributed by atoms with Gasteiger partial charge in [-0.3, -0.25) is 4.79 Å². The number of esters is 1. The quantitative estimate of drug-likeness (QED) is 0.265. The summed E-state index contributed by atoms with van der Waals surface area (Å²) in [6.07, 6.45) is 3.40. The molecule has 78 valence electrons. The molecule has 0 aromatic heterocycles. The summed E-state index contributed by atoms with van der Waals surface area (Å²) in [5.41, 5.74) is 0.818. The van der Waals surface area contributed by atoms with E-state index in [1.165, 1.54) is 6.21 Å². The number of nitrogens with zero attached hydrogens (tertiary/aromatic N) is 1. The smallest absolute Gasteiger partial charge is 0.314 e. The first-order chi connectivity index (χ1) is 7.29. The van der Waals surface area contributed by atoms with Crippen LogP contribution in [0.4, 0.5) is 0 Å². The van der Waals surface area contributed by atoms with Crippen LogP contribution in [-0.2, 0) is 4.79 Å². The summed E-state index contributed by atoms with van der Waals surface area (Å²) in [6.45, 7) is 0. The Hall–Kier alpha value is -1.84. The molecule has 0 heterocycles. The van der Waals surface area contributed by atoms with Gasteiger partial charge in [0.2, 0.25) is 0 Å². The van der Waals surface area contributed by atoms with Crippen LogP contribution < -0.4 is 10.6 Å². The number of carbonyl (C=O) groups is 1. The first-order valence-corrected chi connectivity index (χ1v) is 4.84. The van der Waals surface area contributed by atoms with Crippen molar-refractivity contribution >= 4 is 12.2 Å². The van der Waals surface area contributed by atoms with Crippen molar-refractivity contribution in [3.63, 3.8) is 0 Å². The number of rotatable bonds is 3. The van der Waals surface area contributed by atoms with Gasteiger partial charge in [0, 0.05) is 0 Å². The van der Waals surface area contributed by atoms with Gasteiger partial charge in [-0.25, -0.2) is 0 Å². The fourth-order valence-electron chi connectivity index (χ4n) is 1.26. The third-order valence-electron chi connectivity index (χ3n) is 2.21. The van der Waals surface area contributed by atoms with Crippen molar-refractivity contribution < 1.29 is 9.53 Å². The lowest BCUT2D eigenvalue weighted by atomic mass is 10.2. The van der Waals surface area contributed by atoms with Crippen molar-refractivity contribution in [3.05, 3.63) is 29.8 Å². The minimum Gasteiger partial charge on any atom is -0.426 e. The van der Waals surface area contributed by atoms with E-state index in [0.717, 1.165) is 18.4 Å². The van der Waals surface area contributed by atoms with Crippen LogP contribution in [0.1, 0.15) is 18.4 Å². The number of hydrazone groups is 1. The van der Waals surface area contributed by atoms with Crippen molar-refractivity contribution in [3.8, 4) is 5.75 Å². The van der Waals surface area contributed by atoms with Crippen LogP contribution in [0.3, 0.4) is 0 Å². The first kappa shape index (κ1) is 9.71. The average molecular weight is 204 g/mol. The summed E-state index contributed by atoms with van der Waals surface area (Å²) < 4.78 is 5.18. The molecule has 4 nitrogen and oxygen atoms in total. The largest absolute Gasteiger partial charge is 0.426 e. The maximum absolute atomic E-state index is 11.4. The predicted molar refractivity (Wildman–Crippen MR) is 56.6 cm³/mol. The second kappa shape index (κ2) is 4.13. The SMILES string of the molecule is NN=Cc1cccc(OC(=O)C2CC2)c1. The van der Waals surface area contributed by atoms with E-state index in [9.17, 15) is 4.79 Å². The lowest BCUT2D eigenvalue weighted by Gasteiger charge is -2.03. The van der Waals surface area contributed by atoms with E-state index in [1.54, 1.807) is 18.2 Å². The third kappa shape index (κ3) is 2.56. The van der Waals surface area contributed by atoms with E-state index in [4.69, 9.17) is 10.6 Å². The van der Waals surface area contributed by atoms with E-state index >= 15 is 0 Å². The molecule has 0 unspecified atom stereocenters. The summed E-state index contributed by atoms with van der Waals surface area (Å²) in [6, 6.07) is 7.11. The van der Waals surface area contributed by atoms with E-state index < -0.39 is 0 Å². The van der Waals surface area contributed by atoms with Gasteiger partial charge in [0.05, 0.1) is 12.1 Å². The van der Waals surface area contributed by atoms with Crippen LogP contribution in [-0.4, -0.2) is 12.2 Å². The number of nitrogens with two attached hydrogens (primary N) is 1. The number of benzene rings is 1. The standard InChI is InChI=1S/C11H12N2O2/c12-13-7-8-2-1-3-10(6-8)15-11(14)9-4-5-9/h1-3,6-7,9H,4-5,12H2. The van der Waals surface area contributed by atoms with Gasteiger partial charge in [-0.05, 0) is 30.5 Å². The molecule has 1 saturated carbocycles. The van der Waals surface area contributed by atoms with Crippen LogP contribution in [0.5, 0.6) is 5.75 Å². The minimum atomic E-state index is -0.142. The van der Waals surface area contributed by atoms with Gasteiger partial charge in [-0.2, -0.15) is 5.10 Å². The molecule has 0 spiro atoms. The van der Waals surface area contributed by atoms with E-state index in [2.05, 4.69) is 5.10 Å². The second-order valence-corrected chi connectivity index (χ2v) is 3.55. The molecule has 15 heavy (non-hydrogen) atoms. The Morgan fingerprint density at radius 2 is 2.33 bits per heavy atom. The molecule has 2 N–H and O–H groups in total. The van der Waals surface area contributed by atoms with Crippen molar-refractivity contribution in [1.82, 2.24) is 0 Å². The molecular formula is C11H12N2O2. The highest BCUT2D eigenvalue weighted by atomic mass is 16.5. The summed E-state index contributed by atoms with van der Waals surface area (Å²) >= 11 is 0. The molecule has 0 atom stereocenters. The van der Waals surface area contributed by atoms with E-state index in [-0.39, 0.29) is 11.9 Å². The van der Waals surface area contributed by atoms with Crippen molar-refractivity contribution in [2.75, 3.05) is 0 Å². The van der Waals surface area contributed by atoms with Crippen LogP contribution in [0.15, 0.2) is 29.4 Å². The molecule has 1 fully saturated rings. The maximum Gasteiger partial charge on any atom is 0.314 e. The lowest BCUT2D eigenvalue weighted by molar-refractivity contribution is -0.135. The Labute approximate surface area is 87.7 Å². The van der Waals surface area contributed by atoms with Gasteiger partial charge >= 0.3 is 5.97 Å². The van der Waals surface area contributed by atoms with Crippen molar-refractivity contribution in [2.24, 2.45) is 16.9 Å². The molecule has 0 saturated heterocycles. The van der Waals surface area contributed by atoms with Crippen LogP contribution in [0, 0.1) is 5.92 Å². The number of ether oxygens (including phenoxy) is 1. The maximum atomic E-state index is 11.4. The van der Waals surface area contributed by atoms with Gasteiger partial charge in [-0.1, -0.05) is 12.1 Å². The molecule has 1 aliphatic rings. The third-order valence-corrected chi connectivity index (χ3v) is 2.21. The Morgan fingerprint density at radius 3 is 3.00 bits per heavy atom. The van der Waals surface area contributed by atoms with Crippen LogP contribution >= 0.6 is 0 Å². The summed E-state index contributed by atoms with van der Waals surface area (Å²) in [7, 11) is 0. The fourth-order valence-corrected chi connectivity index (χ4v) is 1.26. The summed E-state index contributed by atoms with van der Waals surface area (Å²) in [4.78, 5) is 11.4. The fraction of sp³-hybridized carbons (Fsp3) is 0.273. The van der Waals surface area contributed by atoms with E-state index in [1.807, 2.05) is 6.07 Å². The zero-order valence-corrected chi connectivity index (χ0v) is 8.22. The Bertz CT molecular complexity index is 397. The van der Waals surface area contributed by atoms with Gasteiger partial charge < -0.3 is 10.6 Å². The number of hydrogen-bond donors (Lipinski definition) is 1. The number of hydrogen-bond acceptors (Lipinski definition) is 4. The molecular weight excluding hydrogens is 192 g/mol. The zero-order chi connectivity index (χ0) is 10.7. The highest BCUT2D eigenvalue weighted by Crippen LogP contribution is 2.30. The molecule has 1 aliphatic carbocycles. The molecule has 1 aromatic carbocycles. The molecule has 4 heteroatoms. The lowest BCUT2D eigenvalue weighted by Crippen LogP contribution is -2.09. The normalized spacial score (nSPS) is 15.5. The van der Waals surface area contributed by atoms with Crippen molar-refractivity contribution in [2.45, 2.75) is 12.8 Å². The molecule has 0 bridgehead atoms. The van der Waals surface area contributed by atoms with Crippen LogP contribution in [0.25, 0.3) is 0 Å². The van der Waals surface area contributed by atoms with Gasteiger partial charge in [-0.15, -0.1) is 0 Å².